The largest absolute Gasteiger partial charge is 0.483 e. The summed E-state index contributed by atoms with van der Waals surface area (Å²) in [6.45, 7) is 5.95. The number of carbonyl (C=O) groups excluding carboxylic acids is 2. The lowest BCUT2D eigenvalue weighted by molar-refractivity contribution is -0.123. The van der Waals surface area contributed by atoms with Gasteiger partial charge in [-0.15, -0.1) is 0 Å². The molecule has 0 aromatic heterocycles. The molecule has 6 nitrogen and oxygen atoms in total. The van der Waals surface area contributed by atoms with Gasteiger partial charge in [-0.3, -0.25) is 4.79 Å². The Morgan fingerprint density at radius 1 is 1.06 bits per heavy atom. The summed E-state index contributed by atoms with van der Waals surface area (Å²) >= 11 is 0. The molecule has 0 saturated heterocycles. The number of amides is 1. The zero-order valence-corrected chi connectivity index (χ0v) is 18.7. The van der Waals surface area contributed by atoms with Gasteiger partial charge in [-0.25, -0.2) is 14.6 Å². The zero-order valence-electron chi connectivity index (χ0n) is 18.7. The third-order valence-electron chi connectivity index (χ3n) is 4.82. The molecule has 3 rings (SSSR count). The molecule has 170 valence electrons. The number of hydrazone groups is 1. The van der Waals surface area contributed by atoms with Crippen molar-refractivity contribution in [3.63, 3.8) is 0 Å². The third-order valence-corrected chi connectivity index (χ3v) is 4.82. The number of halogens is 1. The summed E-state index contributed by atoms with van der Waals surface area (Å²) in [7, 11) is 0. The molecule has 33 heavy (non-hydrogen) atoms. The smallest absolute Gasteiger partial charge is 0.346 e. The van der Waals surface area contributed by atoms with Gasteiger partial charge >= 0.3 is 5.97 Å². The van der Waals surface area contributed by atoms with Crippen LogP contribution in [0.3, 0.4) is 0 Å². The van der Waals surface area contributed by atoms with Crippen LogP contribution >= 0.6 is 0 Å². The maximum Gasteiger partial charge on any atom is 0.346 e. The van der Waals surface area contributed by atoms with E-state index in [-0.39, 0.29) is 17.9 Å². The van der Waals surface area contributed by atoms with Gasteiger partial charge < -0.3 is 9.47 Å². The van der Waals surface area contributed by atoms with Crippen LogP contribution in [0.25, 0.3) is 0 Å². The Kier molecular flexibility index (Phi) is 7.91. The first-order chi connectivity index (χ1) is 15.8. The number of esters is 1. The Morgan fingerprint density at radius 3 is 2.48 bits per heavy atom. The molecule has 0 radical (unpaired) electrons. The van der Waals surface area contributed by atoms with Crippen LogP contribution in [-0.2, 0) is 4.79 Å². The molecule has 0 saturated carbocycles. The summed E-state index contributed by atoms with van der Waals surface area (Å²) < 4.78 is 24.5. The van der Waals surface area contributed by atoms with Crippen molar-refractivity contribution >= 4 is 18.1 Å². The minimum atomic E-state index is -0.782. The molecule has 3 aromatic rings. The van der Waals surface area contributed by atoms with E-state index in [1.807, 2.05) is 25.1 Å². The van der Waals surface area contributed by atoms with Crippen LogP contribution in [0.4, 0.5) is 4.39 Å². The van der Waals surface area contributed by atoms with Crippen LogP contribution in [-0.4, -0.2) is 24.7 Å². The SMILES string of the molecule is Cc1ccc(C(C)C)cc1OCC(=O)NN=Cc1ccc(OC(=O)c2ccccc2F)cc1. The lowest BCUT2D eigenvalue weighted by Gasteiger charge is -2.12. The Hall–Kier alpha value is -4.00. The molecular weight excluding hydrogens is 423 g/mol. The Morgan fingerprint density at radius 2 is 1.79 bits per heavy atom. The second-order valence-electron chi connectivity index (χ2n) is 7.70. The topological polar surface area (TPSA) is 77.0 Å². The van der Waals surface area contributed by atoms with Gasteiger partial charge in [-0.1, -0.05) is 38.1 Å². The molecule has 0 unspecified atom stereocenters. The summed E-state index contributed by atoms with van der Waals surface area (Å²) in [5.41, 5.74) is 5.03. The van der Waals surface area contributed by atoms with Crippen LogP contribution in [0.1, 0.15) is 46.8 Å². The third kappa shape index (κ3) is 6.74. The van der Waals surface area contributed by atoms with Gasteiger partial charge in [0.1, 0.15) is 17.3 Å². The molecule has 0 aliphatic rings. The van der Waals surface area contributed by atoms with E-state index in [9.17, 15) is 14.0 Å². The number of rotatable bonds is 8. The highest BCUT2D eigenvalue weighted by molar-refractivity contribution is 5.91. The monoisotopic (exact) mass is 448 g/mol. The summed E-state index contributed by atoms with van der Waals surface area (Å²) in [6.07, 6.45) is 1.45. The molecule has 1 amide bonds. The average molecular weight is 448 g/mol. The molecule has 3 aromatic carbocycles. The van der Waals surface area contributed by atoms with Crippen molar-refractivity contribution in [3.8, 4) is 11.5 Å². The highest BCUT2D eigenvalue weighted by Gasteiger charge is 2.13. The highest BCUT2D eigenvalue weighted by Crippen LogP contribution is 2.24. The molecular formula is C26H25FN2O4. The van der Waals surface area contributed by atoms with Gasteiger partial charge in [0, 0.05) is 0 Å². The molecule has 0 aliphatic heterocycles. The fourth-order valence-corrected chi connectivity index (χ4v) is 2.90. The van der Waals surface area contributed by atoms with Crippen LogP contribution in [0.5, 0.6) is 11.5 Å². The molecule has 1 N–H and O–H groups in total. The maximum absolute atomic E-state index is 13.7. The van der Waals surface area contributed by atoms with Crippen molar-refractivity contribution in [2.45, 2.75) is 26.7 Å². The van der Waals surface area contributed by atoms with E-state index in [2.05, 4.69) is 24.4 Å². The number of aryl methyl sites for hydroxylation is 1. The molecule has 0 atom stereocenters. The number of nitrogens with zero attached hydrogens (tertiary/aromatic N) is 1. The van der Waals surface area contributed by atoms with E-state index in [0.29, 0.717) is 17.2 Å². The zero-order chi connectivity index (χ0) is 23.8. The van der Waals surface area contributed by atoms with Crippen molar-refractivity contribution in [1.82, 2.24) is 5.43 Å². The highest BCUT2D eigenvalue weighted by atomic mass is 19.1. The molecule has 0 fully saturated rings. The first-order valence-corrected chi connectivity index (χ1v) is 10.5. The molecule has 0 spiro atoms. The normalized spacial score (nSPS) is 10.9. The number of nitrogens with one attached hydrogen (secondary N) is 1. The van der Waals surface area contributed by atoms with E-state index in [1.165, 1.54) is 24.4 Å². The van der Waals surface area contributed by atoms with E-state index in [4.69, 9.17) is 9.47 Å². The quantitative estimate of drug-likeness (QED) is 0.228. The number of ether oxygens (including phenoxy) is 2. The van der Waals surface area contributed by atoms with Crippen LogP contribution < -0.4 is 14.9 Å². The van der Waals surface area contributed by atoms with Gasteiger partial charge in [0.15, 0.2) is 6.61 Å². The Bertz CT molecular complexity index is 1160. The van der Waals surface area contributed by atoms with Gasteiger partial charge in [0.25, 0.3) is 5.91 Å². The fourth-order valence-electron chi connectivity index (χ4n) is 2.90. The second-order valence-corrected chi connectivity index (χ2v) is 7.70. The average Bonchev–Trinajstić information content (AvgIpc) is 2.79. The van der Waals surface area contributed by atoms with Crippen LogP contribution in [0, 0.1) is 12.7 Å². The van der Waals surface area contributed by atoms with Gasteiger partial charge in [-0.2, -0.15) is 5.10 Å². The second kappa shape index (κ2) is 11.0. The first kappa shape index (κ1) is 23.7. The minimum absolute atomic E-state index is 0.140. The standard InChI is InChI=1S/C26H25FN2O4/c1-17(2)20-11-8-18(3)24(14-20)32-16-25(30)29-28-15-19-9-12-21(13-10-19)33-26(31)22-6-4-5-7-23(22)27/h4-15,17H,16H2,1-3H3,(H,29,30). The van der Waals surface area contributed by atoms with Gasteiger partial charge in [0.05, 0.1) is 11.8 Å². The fraction of sp³-hybridized carbons (Fsp3) is 0.192. The van der Waals surface area contributed by atoms with Crippen molar-refractivity contribution < 1.29 is 23.5 Å². The van der Waals surface area contributed by atoms with Crippen molar-refractivity contribution in [2.24, 2.45) is 5.10 Å². The minimum Gasteiger partial charge on any atom is -0.483 e. The van der Waals surface area contributed by atoms with Crippen molar-refractivity contribution in [1.29, 1.82) is 0 Å². The van der Waals surface area contributed by atoms with Gasteiger partial charge in [-0.05, 0) is 72.0 Å². The predicted molar refractivity (Wildman–Crippen MR) is 124 cm³/mol. The predicted octanol–water partition coefficient (Wildman–Crippen LogP) is 5.01. The molecule has 7 heteroatoms. The lowest BCUT2D eigenvalue weighted by Crippen LogP contribution is -2.24. The number of carbonyl (C=O) groups is 2. The number of hydrogen-bond donors (Lipinski definition) is 1. The number of benzene rings is 3. The van der Waals surface area contributed by atoms with Crippen molar-refractivity contribution in [2.75, 3.05) is 6.61 Å². The maximum atomic E-state index is 13.7. The van der Waals surface area contributed by atoms with E-state index >= 15 is 0 Å². The summed E-state index contributed by atoms with van der Waals surface area (Å²) in [5, 5.41) is 3.91. The van der Waals surface area contributed by atoms with E-state index < -0.39 is 17.7 Å². The summed E-state index contributed by atoms with van der Waals surface area (Å²) in [5.74, 6) is -0.528. The molecule has 0 aliphatic carbocycles. The lowest BCUT2D eigenvalue weighted by atomic mass is 10.0. The first-order valence-electron chi connectivity index (χ1n) is 10.5. The molecule has 0 heterocycles. The Labute approximate surface area is 192 Å². The number of hydrogen-bond acceptors (Lipinski definition) is 5. The van der Waals surface area contributed by atoms with E-state index in [1.54, 1.807) is 30.3 Å². The van der Waals surface area contributed by atoms with Crippen molar-refractivity contribution in [3.05, 3.63) is 94.8 Å². The van der Waals surface area contributed by atoms with Crippen LogP contribution in [0.2, 0.25) is 0 Å². The molecule has 0 bridgehead atoms. The Balaban J connectivity index is 1.49. The van der Waals surface area contributed by atoms with E-state index in [0.717, 1.165) is 11.1 Å². The summed E-state index contributed by atoms with van der Waals surface area (Å²) in [6, 6.07) is 18.0. The summed E-state index contributed by atoms with van der Waals surface area (Å²) in [4.78, 5) is 24.1. The van der Waals surface area contributed by atoms with Gasteiger partial charge in [0.2, 0.25) is 0 Å². The van der Waals surface area contributed by atoms with Crippen LogP contribution in [0.15, 0.2) is 71.8 Å².